The summed E-state index contributed by atoms with van der Waals surface area (Å²) in [6, 6.07) is 9.48. The van der Waals surface area contributed by atoms with E-state index >= 15 is 0 Å². The molecule has 0 radical (unpaired) electrons. The van der Waals surface area contributed by atoms with Gasteiger partial charge in [-0.2, -0.15) is 13.2 Å². The number of hydrogen-bond acceptors (Lipinski definition) is 2. The summed E-state index contributed by atoms with van der Waals surface area (Å²) in [6.45, 7) is 0.351. The summed E-state index contributed by atoms with van der Waals surface area (Å²) in [7, 11) is 1.51. The molecule has 1 N–H and O–H groups in total. The molecule has 2 atom stereocenters. The summed E-state index contributed by atoms with van der Waals surface area (Å²) in [4.78, 5) is 27.2. The van der Waals surface area contributed by atoms with Gasteiger partial charge in [0.25, 0.3) is 5.91 Å². The van der Waals surface area contributed by atoms with Gasteiger partial charge in [-0.1, -0.05) is 35.3 Å². The lowest BCUT2D eigenvalue weighted by atomic mass is 9.85. The second-order valence-corrected chi connectivity index (χ2v) is 8.19. The fraction of sp³-hybridized carbons (Fsp3) is 0.333. The molecule has 5 nitrogen and oxygen atoms in total. The van der Waals surface area contributed by atoms with Gasteiger partial charge < -0.3 is 14.9 Å². The maximum atomic E-state index is 13.2. The molecule has 3 rings (SSSR count). The van der Waals surface area contributed by atoms with Crippen LogP contribution in [0, 0.1) is 0 Å². The van der Waals surface area contributed by atoms with Gasteiger partial charge >= 0.3 is 12.3 Å². The number of benzene rings is 2. The second-order valence-electron chi connectivity index (χ2n) is 7.35. The minimum absolute atomic E-state index is 0.144. The first-order valence-corrected chi connectivity index (χ1v) is 10.1. The maximum absolute atomic E-state index is 13.2. The van der Waals surface area contributed by atoms with Crippen molar-refractivity contribution >= 4 is 35.2 Å². The third-order valence-corrected chi connectivity index (χ3v) is 6.06. The van der Waals surface area contributed by atoms with Crippen LogP contribution in [0.4, 0.5) is 18.0 Å². The Bertz CT molecular complexity index is 983. The van der Waals surface area contributed by atoms with Crippen LogP contribution in [0.3, 0.4) is 0 Å². The molecule has 1 aliphatic heterocycles. The van der Waals surface area contributed by atoms with E-state index in [2.05, 4.69) is 0 Å². The van der Waals surface area contributed by atoms with Crippen LogP contribution >= 0.6 is 23.2 Å². The lowest BCUT2D eigenvalue weighted by Crippen LogP contribution is -2.51. The zero-order chi connectivity index (χ0) is 22.9. The summed E-state index contributed by atoms with van der Waals surface area (Å²) in [5.74, 6) is -0.972. The van der Waals surface area contributed by atoms with Gasteiger partial charge in [0, 0.05) is 42.7 Å². The van der Waals surface area contributed by atoms with Gasteiger partial charge in [-0.3, -0.25) is 4.79 Å². The highest BCUT2D eigenvalue weighted by Crippen LogP contribution is 2.36. The Hall–Kier alpha value is -2.45. The summed E-state index contributed by atoms with van der Waals surface area (Å²) >= 11 is 11.6. The number of carbonyl (C=O) groups is 2. The normalized spacial score (nSPS) is 19.2. The molecular formula is C21H19Cl2F3N2O3. The van der Waals surface area contributed by atoms with Crippen LogP contribution in [0.25, 0.3) is 0 Å². The average molecular weight is 475 g/mol. The number of amides is 2. The van der Waals surface area contributed by atoms with E-state index in [1.54, 1.807) is 24.3 Å². The van der Waals surface area contributed by atoms with E-state index in [1.807, 2.05) is 0 Å². The molecule has 1 fully saturated rings. The molecule has 0 bridgehead atoms. The first-order valence-electron chi connectivity index (χ1n) is 9.36. The number of carboxylic acid groups (broad SMARTS) is 1. The summed E-state index contributed by atoms with van der Waals surface area (Å²) < 4.78 is 39.6. The Kier molecular flexibility index (Phi) is 6.71. The van der Waals surface area contributed by atoms with Crippen molar-refractivity contribution in [1.82, 2.24) is 9.80 Å². The molecular weight excluding hydrogens is 456 g/mol. The minimum Gasteiger partial charge on any atom is -0.465 e. The molecule has 1 aliphatic rings. The zero-order valence-corrected chi connectivity index (χ0v) is 17.9. The molecule has 2 aromatic carbocycles. The number of nitrogens with zero attached hydrogens (tertiary/aromatic N) is 2. The topological polar surface area (TPSA) is 60.9 Å². The quantitative estimate of drug-likeness (QED) is 0.627. The molecule has 0 saturated carbocycles. The van der Waals surface area contributed by atoms with Gasteiger partial charge in [0.15, 0.2) is 0 Å². The Morgan fingerprint density at radius 2 is 1.77 bits per heavy atom. The monoisotopic (exact) mass is 474 g/mol. The minimum atomic E-state index is -4.69. The summed E-state index contributed by atoms with van der Waals surface area (Å²) in [5, 5.41) is 9.42. The molecule has 31 heavy (non-hydrogen) atoms. The van der Waals surface area contributed by atoms with Crippen molar-refractivity contribution in [3.05, 3.63) is 69.2 Å². The number of halogens is 5. The first kappa shape index (κ1) is 23.2. The smallest absolute Gasteiger partial charge is 0.417 e. The Labute approximate surface area is 187 Å². The van der Waals surface area contributed by atoms with Crippen LogP contribution in [0.5, 0.6) is 0 Å². The molecule has 166 valence electrons. The van der Waals surface area contributed by atoms with Crippen molar-refractivity contribution in [2.24, 2.45) is 0 Å². The molecule has 1 heterocycles. The van der Waals surface area contributed by atoms with Crippen LogP contribution in [0.15, 0.2) is 42.5 Å². The molecule has 0 aromatic heterocycles. The highest BCUT2D eigenvalue weighted by atomic mass is 35.5. The molecule has 0 aliphatic carbocycles. The molecule has 2 unspecified atom stereocenters. The van der Waals surface area contributed by atoms with E-state index < -0.39 is 34.8 Å². The Morgan fingerprint density at radius 3 is 2.35 bits per heavy atom. The number of hydrogen-bond donors (Lipinski definition) is 1. The van der Waals surface area contributed by atoms with E-state index in [-0.39, 0.29) is 24.6 Å². The number of piperidine rings is 1. The van der Waals surface area contributed by atoms with Gasteiger partial charge in [0.1, 0.15) is 0 Å². The largest absolute Gasteiger partial charge is 0.465 e. The standard InChI is InChI=1S/C21H19Cl2F3N2O3/c1-27(19(29)13-4-7-17(23)16(10-13)21(24,25)26)18-8-9-28(20(30)31)11-15(18)12-2-5-14(22)6-3-12/h2-7,10,15,18H,8-9,11H2,1H3,(H,30,31). The van der Waals surface area contributed by atoms with E-state index in [4.69, 9.17) is 23.2 Å². The molecule has 1 saturated heterocycles. The Balaban J connectivity index is 1.92. The van der Waals surface area contributed by atoms with Gasteiger partial charge in [-0.05, 0) is 42.3 Å². The van der Waals surface area contributed by atoms with E-state index in [1.165, 1.54) is 22.9 Å². The molecule has 2 amide bonds. The van der Waals surface area contributed by atoms with Crippen LogP contribution < -0.4 is 0 Å². The molecule has 2 aromatic rings. The van der Waals surface area contributed by atoms with Crippen LogP contribution in [-0.4, -0.2) is 53.1 Å². The second kappa shape index (κ2) is 8.96. The molecule has 0 spiro atoms. The first-order chi connectivity index (χ1) is 14.5. The van der Waals surface area contributed by atoms with E-state index in [0.29, 0.717) is 11.4 Å². The number of likely N-dealkylation sites (tertiary alicyclic amines) is 1. The third kappa shape index (κ3) is 5.07. The van der Waals surface area contributed by atoms with Crippen molar-refractivity contribution in [2.45, 2.75) is 24.6 Å². The SMILES string of the molecule is CN(C(=O)c1ccc(Cl)c(C(F)(F)F)c1)C1CCN(C(=O)O)CC1c1ccc(Cl)cc1. The number of likely N-dealkylation sites (N-methyl/N-ethyl adjacent to an activating group) is 1. The van der Waals surface area contributed by atoms with Gasteiger partial charge in [0.2, 0.25) is 0 Å². The fourth-order valence-corrected chi connectivity index (χ4v) is 4.19. The summed E-state index contributed by atoms with van der Waals surface area (Å²) in [5.41, 5.74) is -0.440. The number of alkyl halides is 3. The third-order valence-electron chi connectivity index (χ3n) is 5.48. The highest BCUT2D eigenvalue weighted by molar-refractivity contribution is 6.31. The van der Waals surface area contributed by atoms with Crippen LogP contribution in [0.2, 0.25) is 10.0 Å². The van der Waals surface area contributed by atoms with Gasteiger partial charge in [-0.15, -0.1) is 0 Å². The summed E-state index contributed by atoms with van der Waals surface area (Å²) in [6.07, 6.45) is -5.43. The van der Waals surface area contributed by atoms with Crippen molar-refractivity contribution < 1.29 is 27.9 Å². The predicted octanol–water partition coefficient (Wildman–Crippen LogP) is 5.62. The van der Waals surface area contributed by atoms with Crippen LogP contribution in [0.1, 0.15) is 33.8 Å². The van der Waals surface area contributed by atoms with Crippen molar-refractivity contribution in [1.29, 1.82) is 0 Å². The number of rotatable bonds is 3. The van der Waals surface area contributed by atoms with Crippen molar-refractivity contribution in [3.8, 4) is 0 Å². The lowest BCUT2D eigenvalue weighted by molar-refractivity contribution is -0.137. The van der Waals surface area contributed by atoms with Gasteiger partial charge in [-0.25, -0.2) is 4.79 Å². The van der Waals surface area contributed by atoms with Crippen LogP contribution in [-0.2, 0) is 6.18 Å². The van der Waals surface area contributed by atoms with Crippen molar-refractivity contribution in [3.63, 3.8) is 0 Å². The lowest BCUT2D eigenvalue weighted by Gasteiger charge is -2.42. The van der Waals surface area contributed by atoms with E-state index in [0.717, 1.165) is 17.7 Å². The zero-order valence-electron chi connectivity index (χ0n) is 16.4. The Morgan fingerprint density at radius 1 is 1.13 bits per heavy atom. The highest BCUT2D eigenvalue weighted by Gasteiger charge is 2.38. The predicted molar refractivity (Wildman–Crippen MR) is 111 cm³/mol. The maximum Gasteiger partial charge on any atom is 0.417 e. The van der Waals surface area contributed by atoms with Crippen molar-refractivity contribution in [2.75, 3.05) is 20.1 Å². The number of carbonyl (C=O) groups excluding carboxylic acids is 1. The molecule has 10 heteroatoms. The van der Waals surface area contributed by atoms with Gasteiger partial charge in [0.05, 0.1) is 10.6 Å². The fourth-order valence-electron chi connectivity index (χ4n) is 3.84. The average Bonchev–Trinajstić information content (AvgIpc) is 2.72. The van der Waals surface area contributed by atoms with E-state index in [9.17, 15) is 27.9 Å².